The molecule has 1 N–H and O–H groups in total. The zero-order chi connectivity index (χ0) is 18.4. The molecule has 2 saturated heterocycles. The Bertz CT molecular complexity index is 581. The smallest absolute Gasteiger partial charge is 0.193 e. The van der Waals surface area contributed by atoms with E-state index in [0.717, 1.165) is 37.9 Å². The summed E-state index contributed by atoms with van der Waals surface area (Å²) in [4.78, 5) is 9.67. The predicted octanol–water partition coefficient (Wildman–Crippen LogP) is 3.87. The Hall–Kier alpha value is -0.820. The van der Waals surface area contributed by atoms with Gasteiger partial charge in [-0.2, -0.15) is 0 Å². The molecule has 0 saturated carbocycles. The van der Waals surface area contributed by atoms with E-state index in [1.54, 1.807) is 0 Å². The van der Waals surface area contributed by atoms with Crippen LogP contribution in [0.25, 0.3) is 0 Å². The number of rotatable bonds is 6. The van der Waals surface area contributed by atoms with E-state index in [0.29, 0.717) is 0 Å². The van der Waals surface area contributed by atoms with Gasteiger partial charge in [-0.15, -0.1) is 24.0 Å². The molecule has 0 radical (unpaired) electrons. The van der Waals surface area contributed by atoms with Crippen LogP contribution in [0.5, 0.6) is 0 Å². The number of nitrogens with zero attached hydrogens (tertiary/aromatic N) is 3. The summed E-state index contributed by atoms with van der Waals surface area (Å²) in [6.07, 6.45) is 5.15. The first-order chi connectivity index (χ1) is 12.6. The Balaban J connectivity index is 0.00000261. The number of halogens is 1. The standard InChI is InChI=1S/C22H36N4.HI/c1-22(2,15-19-9-5-4-6-10-19)18-24-21(23-3)26-14-11-20(17-26)16-25-12-7-8-13-25;/h4-6,9-10,20H,7-8,11-18H2,1-3H3,(H,23,24);1H. The van der Waals surface area contributed by atoms with Gasteiger partial charge in [-0.1, -0.05) is 44.2 Å². The largest absolute Gasteiger partial charge is 0.356 e. The Morgan fingerprint density at radius 2 is 1.85 bits per heavy atom. The Morgan fingerprint density at radius 3 is 2.52 bits per heavy atom. The molecule has 4 nitrogen and oxygen atoms in total. The van der Waals surface area contributed by atoms with Gasteiger partial charge in [-0.25, -0.2) is 0 Å². The number of hydrogen-bond acceptors (Lipinski definition) is 2. The molecule has 27 heavy (non-hydrogen) atoms. The van der Waals surface area contributed by atoms with E-state index >= 15 is 0 Å². The highest BCUT2D eigenvalue weighted by Gasteiger charge is 2.28. The van der Waals surface area contributed by atoms with Gasteiger partial charge in [-0.3, -0.25) is 4.99 Å². The molecule has 152 valence electrons. The quantitative estimate of drug-likeness (QED) is 0.378. The van der Waals surface area contributed by atoms with E-state index in [2.05, 4.69) is 64.3 Å². The van der Waals surface area contributed by atoms with Crippen LogP contribution in [0.15, 0.2) is 35.3 Å². The van der Waals surface area contributed by atoms with Gasteiger partial charge in [0.05, 0.1) is 0 Å². The number of nitrogens with one attached hydrogen (secondary N) is 1. The molecule has 0 amide bonds. The van der Waals surface area contributed by atoms with E-state index < -0.39 is 0 Å². The third-order valence-electron chi connectivity index (χ3n) is 5.76. The van der Waals surface area contributed by atoms with Crippen molar-refractivity contribution in [3.8, 4) is 0 Å². The summed E-state index contributed by atoms with van der Waals surface area (Å²) in [5.41, 5.74) is 1.60. The van der Waals surface area contributed by atoms with Crippen molar-refractivity contribution in [3.05, 3.63) is 35.9 Å². The van der Waals surface area contributed by atoms with E-state index in [-0.39, 0.29) is 29.4 Å². The van der Waals surface area contributed by atoms with Crippen molar-refractivity contribution in [1.82, 2.24) is 15.1 Å². The second kappa shape index (κ2) is 10.6. The maximum atomic E-state index is 4.56. The maximum absolute atomic E-state index is 4.56. The zero-order valence-electron chi connectivity index (χ0n) is 17.3. The van der Waals surface area contributed by atoms with Crippen molar-refractivity contribution in [2.24, 2.45) is 16.3 Å². The van der Waals surface area contributed by atoms with Crippen LogP contribution < -0.4 is 5.32 Å². The molecule has 0 aliphatic carbocycles. The van der Waals surface area contributed by atoms with E-state index in [9.17, 15) is 0 Å². The topological polar surface area (TPSA) is 30.9 Å². The number of guanidine groups is 1. The van der Waals surface area contributed by atoms with Crippen molar-refractivity contribution >= 4 is 29.9 Å². The summed E-state index contributed by atoms with van der Waals surface area (Å²) in [5, 5.41) is 3.65. The molecule has 1 aromatic carbocycles. The minimum absolute atomic E-state index is 0. The molecule has 2 fully saturated rings. The first-order valence-electron chi connectivity index (χ1n) is 10.3. The molecular weight excluding hydrogens is 447 g/mol. The third kappa shape index (κ3) is 6.93. The number of hydrogen-bond donors (Lipinski definition) is 1. The summed E-state index contributed by atoms with van der Waals surface area (Å²) < 4.78 is 0. The van der Waals surface area contributed by atoms with Gasteiger partial charge in [0.2, 0.25) is 0 Å². The molecule has 0 aromatic heterocycles. The predicted molar refractivity (Wildman–Crippen MR) is 126 cm³/mol. The summed E-state index contributed by atoms with van der Waals surface area (Å²) >= 11 is 0. The van der Waals surface area contributed by atoms with Crippen LogP contribution in [0.2, 0.25) is 0 Å². The molecule has 2 heterocycles. The Labute approximate surface area is 182 Å². The van der Waals surface area contributed by atoms with Gasteiger partial charge < -0.3 is 15.1 Å². The summed E-state index contributed by atoms with van der Waals surface area (Å²) in [6.45, 7) is 11.8. The second-order valence-electron chi connectivity index (χ2n) is 8.84. The lowest BCUT2D eigenvalue weighted by Crippen LogP contribution is -2.44. The first kappa shape index (κ1) is 22.5. The van der Waals surface area contributed by atoms with Crippen LogP contribution in [0.4, 0.5) is 0 Å². The van der Waals surface area contributed by atoms with Crippen molar-refractivity contribution < 1.29 is 0 Å². The van der Waals surface area contributed by atoms with Crippen molar-refractivity contribution in [3.63, 3.8) is 0 Å². The average Bonchev–Trinajstić information content (AvgIpc) is 3.29. The second-order valence-corrected chi connectivity index (χ2v) is 8.84. The van der Waals surface area contributed by atoms with Gasteiger partial charge in [0, 0.05) is 33.2 Å². The van der Waals surface area contributed by atoms with Crippen molar-refractivity contribution in [2.45, 2.75) is 39.5 Å². The van der Waals surface area contributed by atoms with Crippen LogP contribution in [-0.2, 0) is 6.42 Å². The van der Waals surface area contributed by atoms with Crippen LogP contribution in [0.1, 0.15) is 38.7 Å². The summed E-state index contributed by atoms with van der Waals surface area (Å²) in [6, 6.07) is 10.8. The van der Waals surface area contributed by atoms with E-state index in [1.807, 2.05) is 7.05 Å². The van der Waals surface area contributed by atoms with Crippen LogP contribution in [-0.4, -0.2) is 62.1 Å². The number of aliphatic imine (C=N–C) groups is 1. The molecule has 2 aliphatic heterocycles. The molecular formula is C22H37IN4. The Kier molecular flexibility index (Phi) is 8.86. The van der Waals surface area contributed by atoms with Gasteiger partial charge in [0.15, 0.2) is 5.96 Å². The fraction of sp³-hybridized carbons (Fsp3) is 0.682. The Morgan fingerprint density at radius 1 is 1.15 bits per heavy atom. The number of likely N-dealkylation sites (tertiary alicyclic amines) is 2. The number of benzene rings is 1. The van der Waals surface area contributed by atoms with Gasteiger partial charge in [-0.05, 0) is 55.7 Å². The van der Waals surface area contributed by atoms with Crippen LogP contribution in [0.3, 0.4) is 0 Å². The fourth-order valence-corrected chi connectivity index (χ4v) is 4.37. The third-order valence-corrected chi connectivity index (χ3v) is 5.76. The van der Waals surface area contributed by atoms with E-state index in [1.165, 1.54) is 44.5 Å². The maximum Gasteiger partial charge on any atom is 0.193 e. The molecule has 0 bridgehead atoms. The molecule has 3 rings (SSSR count). The lowest BCUT2D eigenvalue weighted by atomic mass is 9.86. The van der Waals surface area contributed by atoms with E-state index in [4.69, 9.17) is 0 Å². The normalized spacial score (nSPS) is 21.4. The minimum atomic E-state index is 0. The fourth-order valence-electron chi connectivity index (χ4n) is 4.37. The van der Waals surface area contributed by atoms with Gasteiger partial charge in [0.1, 0.15) is 0 Å². The van der Waals surface area contributed by atoms with Crippen molar-refractivity contribution in [2.75, 3.05) is 46.3 Å². The lowest BCUT2D eigenvalue weighted by Gasteiger charge is -2.29. The molecule has 1 unspecified atom stereocenters. The zero-order valence-corrected chi connectivity index (χ0v) is 19.6. The molecule has 1 atom stereocenters. The molecule has 2 aliphatic rings. The van der Waals surface area contributed by atoms with Crippen molar-refractivity contribution in [1.29, 1.82) is 0 Å². The lowest BCUT2D eigenvalue weighted by molar-refractivity contribution is 0.280. The highest BCUT2D eigenvalue weighted by Crippen LogP contribution is 2.22. The SMILES string of the molecule is CN=C(NCC(C)(C)Cc1ccccc1)N1CCC(CN2CCCC2)C1.I. The highest BCUT2D eigenvalue weighted by atomic mass is 127. The monoisotopic (exact) mass is 484 g/mol. The summed E-state index contributed by atoms with van der Waals surface area (Å²) in [5.74, 6) is 1.87. The van der Waals surface area contributed by atoms with Crippen LogP contribution >= 0.6 is 24.0 Å². The molecule has 1 aromatic rings. The minimum Gasteiger partial charge on any atom is -0.356 e. The first-order valence-corrected chi connectivity index (χ1v) is 10.3. The highest BCUT2D eigenvalue weighted by molar-refractivity contribution is 14.0. The molecule has 0 spiro atoms. The van der Waals surface area contributed by atoms with Gasteiger partial charge >= 0.3 is 0 Å². The van der Waals surface area contributed by atoms with Gasteiger partial charge in [0.25, 0.3) is 0 Å². The summed E-state index contributed by atoms with van der Waals surface area (Å²) in [7, 11) is 1.92. The average molecular weight is 484 g/mol. The van der Waals surface area contributed by atoms with Crippen LogP contribution in [0, 0.1) is 11.3 Å². The molecule has 5 heteroatoms.